The Morgan fingerprint density at radius 1 is 1.26 bits per heavy atom. The van der Waals surface area contributed by atoms with Crippen LogP contribution in [0.15, 0.2) is 24.3 Å². The van der Waals surface area contributed by atoms with Crippen molar-refractivity contribution in [3.05, 3.63) is 24.3 Å². The summed E-state index contributed by atoms with van der Waals surface area (Å²) in [4.78, 5) is 0. The number of benzene rings is 1. The minimum absolute atomic E-state index is 0.262. The third kappa shape index (κ3) is 4.88. The SMILES string of the molecule is Bc1cccc(OCCCCOCC2(C)COC2)c1. The number of hydrogen-bond donors (Lipinski definition) is 0. The highest BCUT2D eigenvalue weighted by molar-refractivity contribution is 6.32. The van der Waals surface area contributed by atoms with Gasteiger partial charge in [0.05, 0.1) is 26.4 Å². The normalized spacial score (nSPS) is 16.9. The average Bonchev–Trinajstić information content (AvgIpc) is 2.35. The number of unbranched alkanes of at least 4 members (excludes halogenated alkanes) is 1. The minimum atomic E-state index is 0.262. The van der Waals surface area contributed by atoms with E-state index in [1.165, 1.54) is 5.46 Å². The summed E-state index contributed by atoms with van der Waals surface area (Å²) in [5, 5.41) is 0. The predicted molar refractivity (Wildman–Crippen MR) is 79.1 cm³/mol. The Bertz CT molecular complexity index is 391. The molecule has 0 radical (unpaired) electrons. The van der Waals surface area contributed by atoms with Crippen LogP contribution in [0.2, 0.25) is 0 Å². The summed E-state index contributed by atoms with van der Waals surface area (Å²) in [6.07, 6.45) is 2.07. The van der Waals surface area contributed by atoms with Gasteiger partial charge in [0.2, 0.25) is 0 Å². The molecule has 1 heterocycles. The Kier molecular flexibility index (Phi) is 5.29. The summed E-state index contributed by atoms with van der Waals surface area (Å²) < 4.78 is 16.6. The summed E-state index contributed by atoms with van der Waals surface area (Å²) in [6.45, 7) is 6.26. The molecule has 0 atom stereocenters. The van der Waals surface area contributed by atoms with E-state index in [0.29, 0.717) is 0 Å². The molecule has 0 N–H and O–H groups in total. The molecule has 19 heavy (non-hydrogen) atoms. The van der Waals surface area contributed by atoms with Crippen LogP contribution in [0.4, 0.5) is 0 Å². The molecule has 0 unspecified atom stereocenters. The van der Waals surface area contributed by atoms with Gasteiger partial charge in [0.25, 0.3) is 0 Å². The molecule has 0 saturated carbocycles. The molecule has 0 bridgehead atoms. The van der Waals surface area contributed by atoms with Crippen LogP contribution in [0.25, 0.3) is 0 Å². The van der Waals surface area contributed by atoms with Crippen LogP contribution in [0, 0.1) is 5.41 Å². The van der Waals surface area contributed by atoms with Crippen LogP contribution < -0.4 is 10.2 Å². The lowest BCUT2D eigenvalue weighted by Crippen LogP contribution is -2.43. The molecular weight excluding hydrogens is 239 g/mol. The van der Waals surface area contributed by atoms with Gasteiger partial charge in [-0.05, 0) is 25.0 Å². The Balaban J connectivity index is 1.48. The van der Waals surface area contributed by atoms with Gasteiger partial charge < -0.3 is 14.2 Å². The van der Waals surface area contributed by atoms with E-state index < -0.39 is 0 Å². The summed E-state index contributed by atoms with van der Waals surface area (Å²) in [5.41, 5.74) is 1.50. The molecule has 1 aliphatic rings. The van der Waals surface area contributed by atoms with Crippen LogP contribution in [0.1, 0.15) is 19.8 Å². The van der Waals surface area contributed by atoms with Crippen molar-refractivity contribution < 1.29 is 14.2 Å². The van der Waals surface area contributed by atoms with E-state index in [-0.39, 0.29) is 5.41 Å². The standard InChI is InChI=1S/C15H23BO3/c1-15(11-18-12-15)10-17-7-2-3-8-19-14-6-4-5-13(16)9-14/h4-6,9H,2-3,7-8,10-12,16H2,1H3. The Morgan fingerprint density at radius 3 is 2.74 bits per heavy atom. The Hall–Kier alpha value is -0.995. The summed E-state index contributed by atoms with van der Waals surface area (Å²) in [5.74, 6) is 0.958. The van der Waals surface area contributed by atoms with Crippen molar-refractivity contribution in [3.8, 4) is 5.75 Å². The molecule has 0 aliphatic carbocycles. The molecule has 4 heteroatoms. The molecule has 0 aromatic heterocycles. The fourth-order valence-electron chi connectivity index (χ4n) is 2.05. The number of hydrogen-bond acceptors (Lipinski definition) is 3. The van der Waals surface area contributed by atoms with Crippen molar-refractivity contribution in [3.63, 3.8) is 0 Å². The first kappa shape index (κ1) is 14.4. The van der Waals surface area contributed by atoms with Crippen LogP contribution >= 0.6 is 0 Å². The molecule has 3 nitrogen and oxygen atoms in total. The number of ether oxygens (including phenoxy) is 3. The molecule has 104 valence electrons. The van der Waals surface area contributed by atoms with E-state index in [0.717, 1.165) is 51.6 Å². The van der Waals surface area contributed by atoms with Gasteiger partial charge in [-0.1, -0.05) is 24.5 Å². The maximum absolute atomic E-state index is 5.69. The summed E-state index contributed by atoms with van der Waals surface area (Å²) >= 11 is 0. The molecule has 1 saturated heterocycles. The van der Waals surface area contributed by atoms with E-state index >= 15 is 0 Å². The quantitative estimate of drug-likeness (QED) is 0.519. The van der Waals surface area contributed by atoms with Gasteiger partial charge in [-0.25, -0.2) is 0 Å². The highest BCUT2D eigenvalue weighted by Gasteiger charge is 2.33. The largest absolute Gasteiger partial charge is 0.494 e. The third-order valence-electron chi connectivity index (χ3n) is 3.29. The molecule has 0 amide bonds. The van der Waals surface area contributed by atoms with Crippen LogP contribution in [0.3, 0.4) is 0 Å². The molecule has 1 aromatic carbocycles. The van der Waals surface area contributed by atoms with Gasteiger partial charge in [0.15, 0.2) is 0 Å². The zero-order valence-electron chi connectivity index (χ0n) is 12.0. The van der Waals surface area contributed by atoms with Gasteiger partial charge in [-0.15, -0.1) is 0 Å². The second kappa shape index (κ2) is 6.97. The van der Waals surface area contributed by atoms with Gasteiger partial charge in [0, 0.05) is 12.0 Å². The fourth-order valence-corrected chi connectivity index (χ4v) is 2.05. The van der Waals surface area contributed by atoms with Crippen molar-refractivity contribution in [2.75, 3.05) is 33.0 Å². The van der Waals surface area contributed by atoms with Crippen molar-refractivity contribution >= 4 is 13.3 Å². The highest BCUT2D eigenvalue weighted by Crippen LogP contribution is 2.26. The van der Waals surface area contributed by atoms with Crippen molar-refractivity contribution in [2.24, 2.45) is 5.41 Å². The second-order valence-corrected chi connectivity index (χ2v) is 5.73. The molecule has 2 rings (SSSR count). The lowest BCUT2D eigenvalue weighted by atomic mass is 9.90. The summed E-state index contributed by atoms with van der Waals surface area (Å²) in [6, 6.07) is 8.16. The number of rotatable bonds is 8. The van der Waals surface area contributed by atoms with E-state index in [2.05, 4.69) is 26.9 Å². The van der Waals surface area contributed by atoms with E-state index in [1.807, 2.05) is 12.1 Å². The second-order valence-electron chi connectivity index (χ2n) is 5.73. The first-order valence-electron chi connectivity index (χ1n) is 7.03. The van der Waals surface area contributed by atoms with Gasteiger partial charge >= 0.3 is 0 Å². The lowest BCUT2D eigenvalue weighted by molar-refractivity contribution is -0.138. The molecule has 1 aromatic rings. The maximum atomic E-state index is 5.69. The smallest absolute Gasteiger partial charge is 0.139 e. The molecule has 1 aliphatic heterocycles. The van der Waals surface area contributed by atoms with Crippen molar-refractivity contribution in [1.29, 1.82) is 0 Å². The third-order valence-corrected chi connectivity index (χ3v) is 3.29. The zero-order chi connectivity index (χ0) is 13.6. The topological polar surface area (TPSA) is 27.7 Å². The first-order chi connectivity index (χ1) is 9.18. The maximum Gasteiger partial charge on any atom is 0.139 e. The van der Waals surface area contributed by atoms with E-state index in [4.69, 9.17) is 14.2 Å². The van der Waals surface area contributed by atoms with Crippen molar-refractivity contribution in [2.45, 2.75) is 19.8 Å². The monoisotopic (exact) mass is 262 g/mol. The zero-order valence-corrected chi connectivity index (χ0v) is 12.0. The van der Waals surface area contributed by atoms with Crippen LogP contribution in [-0.2, 0) is 9.47 Å². The molecular formula is C15H23BO3. The molecule has 0 spiro atoms. The first-order valence-corrected chi connectivity index (χ1v) is 7.03. The lowest BCUT2D eigenvalue weighted by Gasteiger charge is -2.37. The fraction of sp³-hybridized carbons (Fsp3) is 0.600. The predicted octanol–water partition coefficient (Wildman–Crippen LogP) is 1.16. The Morgan fingerprint density at radius 2 is 2.05 bits per heavy atom. The Labute approximate surface area is 116 Å². The molecule has 1 fully saturated rings. The van der Waals surface area contributed by atoms with Crippen molar-refractivity contribution in [1.82, 2.24) is 0 Å². The minimum Gasteiger partial charge on any atom is -0.494 e. The van der Waals surface area contributed by atoms with Gasteiger partial charge in [-0.3, -0.25) is 0 Å². The van der Waals surface area contributed by atoms with Gasteiger partial charge in [-0.2, -0.15) is 0 Å². The highest BCUT2D eigenvalue weighted by atomic mass is 16.5. The average molecular weight is 262 g/mol. The van der Waals surface area contributed by atoms with Crippen LogP contribution in [0.5, 0.6) is 5.75 Å². The van der Waals surface area contributed by atoms with E-state index in [9.17, 15) is 0 Å². The summed E-state index contributed by atoms with van der Waals surface area (Å²) in [7, 11) is 2.07. The van der Waals surface area contributed by atoms with E-state index in [1.54, 1.807) is 0 Å². The van der Waals surface area contributed by atoms with Gasteiger partial charge in [0.1, 0.15) is 13.6 Å². The van der Waals surface area contributed by atoms with Crippen LogP contribution in [-0.4, -0.2) is 40.9 Å².